The Morgan fingerprint density at radius 2 is 2.04 bits per heavy atom. The quantitative estimate of drug-likeness (QED) is 0.672. The molecule has 0 spiro atoms. The molecule has 1 heterocycles. The minimum atomic E-state index is -0.813. The van der Waals surface area contributed by atoms with E-state index in [2.05, 4.69) is 0 Å². The Morgan fingerprint density at radius 1 is 1.33 bits per heavy atom. The van der Waals surface area contributed by atoms with E-state index in [0.717, 1.165) is 0 Å². The molecule has 7 heteroatoms. The molecular formula is C17H18N2O5. The molecule has 3 rings (SSSR count). The first kappa shape index (κ1) is 16.0. The van der Waals surface area contributed by atoms with Crippen LogP contribution >= 0.6 is 0 Å². The molecule has 1 aromatic carbocycles. The average molecular weight is 330 g/mol. The molecule has 1 aliphatic heterocycles. The molecule has 24 heavy (non-hydrogen) atoms. The summed E-state index contributed by atoms with van der Waals surface area (Å²) in [5.41, 5.74) is 6.48. The second-order valence-corrected chi connectivity index (χ2v) is 5.66. The van der Waals surface area contributed by atoms with Crippen LogP contribution in [0, 0.1) is 10.1 Å². The molecule has 0 radical (unpaired) electrons. The van der Waals surface area contributed by atoms with Crippen LogP contribution in [0.25, 0.3) is 0 Å². The van der Waals surface area contributed by atoms with Crippen molar-refractivity contribution < 1.29 is 19.2 Å². The van der Waals surface area contributed by atoms with Crippen LogP contribution in [-0.2, 0) is 9.53 Å². The van der Waals surface area contributed by atoms with Crippen LogP contribution in [-0.4, -0.2) is 17.3 Å². The van der Waals surface area contributed by atoms with Gasteiger partial charge in [0.15, 0.2) is 5.78 Å². The summed E-state index contributed by atoms with van der Waals surface area (Å²) in [6.45, 7) is 2.40. The van der Waals surface area contributed by atoms with Gasteiger partial charge in [-0.2, -0.15) is 0 Å². The van der Waals surface area contributed by atoms with Gasteiger partial charge in [-0.05, 0) is 31.0 Å². The summed E-state index contributed by atoms with van der Waals surface area (Å²) in [5, 5.41) is 11.5. The SMILES string of the molecule is CCOc1ccc([C@H]2C3=C(CCCC3=O)OC(N)=C2[N+](=O)[O-])cc1. The predicted molar refractivity (Wildman–Crippen MR) is 85.5 cm³/mol. The summed E-state index contributed by atoms with van der Waals surface area (Å²) in [5.74, 6) is -0.0631. The molecule has 2 N–H and O–H groups in total. The zero-order valence-corrected chi connectivity index (χ0v) is 13.3. The molecule has 126 valence electrons. The smallest absolute Gasteiger partial charge is 0.317 e. The number of nitrogens with two attached hydrogens (primary N) is 1. The Balaban J connectivity index is 2.10. The molecule has 0 amide bonds. The van der Waals surface area contributed by atoms with E-state index in [-0.39, 0.29) is 17.4 Å². The Morgan fingerprint density at radius 3 is 2.67 bits per heavy atom. The number of Topliss-reactive ketones (excluding diaryl/α,β-unsaturated/α-hetero) is 1. The number of carbonyl (C=O) groups is 1. The van der Waals surface area contributed by atoms with E-state index < -0.39 is 10.8 Å². The number of nitrogens with zero attached hydrogens (tertiary/aromatic N) is 1. The lowest BCUT2D eigenvalue weighted by Crippen LogP contribution is -2.30. The number of ketones is 1. The maximum absolute atomic E-state index is 12.4. The highest BCUT2D eigenvalue weighted by molar-refractivity contribution is 5.99. The van der Waals surface area contributed by atoms with Gasteiger partial charge in [0.2, 0.25) is 0 Å². The van der Waals surface area contributed by atoms with E-state index in [9.17, 15) is 14.9 Å². The fraction of sp³-hybridized carbons (Fsp3) is 0.353. The number of nitro groups is 1. The molecule has 2 aliphatic rings. The summed E-state index contributed by atoms with van der Waals surface area (Å²) < 4.78 is 10.8. The molecule has 0 bridgehead atoms. The Bertz CT molecular complexity index is 749. The van der Waals surface area contributed by atoms with Gasteiger partial charge < -0.3 is 15.2 Å². The number of ether oxygens (including phenoxy) is 2. The number of rotatable bonds is 4. The van der Waals surface area contributed by atoms with Gasteiger partial charge >= 0.3 is 5.70 Å². The lowest BCUT2D eigenvalue weighted by atomic mass is 9.80. The van der Waals surface area contributed by atoms with E-state index in [4.69, 9.17) is 15.2 Å². The van der Waals surface area contributed by atoms with E-state index in [1.165, 1.54) is 0 Å². The standard InChI is InChI=1S/C17H18N2O5/c1-2-23-11-8-6-10(7-9-11)14-15-12(20)4-3-5-13(15)24-17(18)16(14)19(21)22/h6-9,14H,2-5,18H2,1H3/t14-/m0/s1. The molecule has 7 nitrogen and oxygen atoms in total. The van der Waals surface area contributed by atoms with Crippen LogP contribution in [0.4, 0.5) is 0 Å². The van der Waals surface area contributed by atoms with E-state index in [1.807, 2.05) is 6.92 Å². The van der Waals surface area contributed by atoms with Crippen molar-refractivity contribution in [3.05, 3.63) is 62.9 Å². The van der Waals surface area contributed by atoms with Gasteiger partial charge in [0.05, 0.1) is 17.1 Å². The molecule has 0 aromatic heterocycles. The second kappa shape index (κ2) is 6.35. The average Bonchev–Trinajstić information content (AvgIpc) is 2.54. The van der Waals surface area contributed by atoms with Crippen LogP contribution in [0.5, 0.6) is 5.75 Å². The van der Waals surface area contributed by atoms with Crippen molar-refractivity contribution in [2.75, 3.05) is 6.61 Å². The first-order valence-electron chi connectivity index (χ1n) is 7.83. The fourth-order valence-electron chi connectivity index (χ4n) is 3.17. The van der Waals surface area contributed by atoms with E-state index >= 15 is 0 Å². The van der Waals surface area contributed by atoms with Gasteiger partial charge in [0.25, 0.3) is 5.88 Å². The number of carbonyl (C=O) groups excluding carboxylic acids is 1. The zero-order valence-electron chi connectivity index (χ0n) is 13.3. The Hall–Kier alpha value is -2.83. The lowest BCUT2D eigenvalue weighted by Gasteiger charge is -2.29. The molecule has 0 unspecified atom stereocenters. The van der Waals surface area contributed by atoms with Gasteiger partial charge in [-0.15, -0.1) is 0 Å². The van der Waals surface area contributed by atoms with Gasteiger partial charge in [0, 0.05) is 12.8 Å². The summed E-state index contributed by atoms with van der Waals surface area (Å²) >= 11 is 0. The van der Waals surface area contributed by atoms with Crippen molar-refractivity contribution in [3.8, 4) is 5.75 Å². The summed E-state index contributed by atoms with van der Waals surface area (Å²) in [7, 11) is 0. The largest absolute Gasteiger partial charge is 0.494 e. The van der Waals surface area contributed by atoms with Gasteiger partial charge in [-0.25, -0.2) is 0 Å². The molecule has 0 saturated heterocycles. The minimum absolute atomic E-state index is 0.123. The Labute approximate surface area is 138 Å². The molecule has 0 fully saturated rings. The van der Waals surface area contributed by atoms with Crippen molar-refractivity contribution >= 4 is 5.78 Å². The first-order chi connectivity index (χ1) is 11.5. The highest BCUT2D eigenvalue weighted by Gasteiger charge is 2.44. The van der Waals surface area contributed by atoms with Crippen molar-refractivity contribution in [2.24, 2.45) is 5.73 Å². The number of benzene rings is 1. The van der Waals surface area contributed by atoms with Gasteiger partial charge in [-0.3, -0.25) is 14.9 Å². The molecule has 1 aromatic rings. The summed E-state index contributed by atoms with van der Waals surface area (Å²) in [4.78, 5) is 23.4. The topological polar surface area (TPSA) is 105 Å². The van der Waals surface area contributed by atoms with Crippen LogP contribution in [0.3, 0.4) is 0 Å². The van der Waals surface area contributed by atoms with Crippen LogP contribution < -0.4 is 10.5 Å². The van der Waals surface area contributed by atoms with Crippen LogP contribution in [0.1, 0.15) is 37.7 Å². The van der Waals surface area contributed by atoms with Crippen molar-refractivity contribution in [1.82, 2.24) is 0 Å². The zero-order chi connectivity index (χ0) is 17.3. The third-order valence-electron chi connectivity index (χ3n) is 4.18. The van der Waals surface area contributed by atoms with E-state index in [0.29, 0.717) is 48.5 Å². The monoisotopic (exact) mass is 330 g/mol. The summed E-state index contributed by atoms with van der Waals surface area (Å²) in [6, 6.07) is 6.92. The first-order valence-corrected chi connectivity index (χ1v) is 7.83. The normalized spacial score (nSPS) is 20.5. The Kier molecular flexibility index (Phi) is 4.24. The van der Waals surface area contributed by atoms with Crippen LogP contribution in [0.2, 0.25) is 0 Å². The molecule has 1 aliphatic carbocycles. The van der Waals surface area contributed by atoms with Crippen molar-refractivity contribution in [1.29, 1.82) is 0 Å². The highest BCUT2D eigenvalue weighted by Crippen LogP contribution is 2.43. The predicted octanol–water partition coefficient (Wildman–Crippen LogP) is 2.61. The van der Waals surface area contributed by atoms with Crippen molar-refractivity contribution in [2.45, 2.75) is 32.1 Å². The number of hydrogen-bond donors (Lipinski definition) is 1. The maximum atomic E-state index is 12.4. The van der Waals surface area contributed by atoms with Crippen LogP contribution in [0.15, 0.2) is 47.2 Å². The maximum Gasteiger partial charge on any atom is 0.317 e. The minimum Gasteiger partial charge on any atom is -0.494 e. The molecule has 0 saturated carbocycles. The summed E-state index contributed by atoms with van der Waals surface area (Å²) in [6.07, 6.45) is 1.58. The van der Waals surface area contributed by atoms with Crippen molar-refractivity contribution in [3.63, 3.8) is 0 Å². The number of hydrogen-bond acceptors (Lipinski definition) is 6. The third kappa shape index (κ3) is 2.73. The molecular weight excluding hydrogens is 312 g/mol. The third-order valence-corrected chi connectivity index (χ3v) is 4.18. The number of allylic oxidation sites excluding steroid dienone is 2. The fourth-order valence-corrected chi connectivity index (χ4v) is 3.17. The lowest BCUT2D eigenvalue weighted by molar-refractivity contribution is -0.433. The van der Waals surface area contributed by atoms with Gasteiger partial charge in [0.1, 0.15) is 17.4 Å². The van der Waals surface area contributed by atoms with E-state index in [1.54, 1.807) is 24.3 Å². The highest BCUT2D eigenvalue weighted by atomic mass is 16.6. The van der Waals surface area contributed by atoms with Gasteiger partial charge in [-0.1, -0.05) is 12.1 Å². The molecule has 1 atom stereocenters. The second-order valence-electron chi connectivity index (χ2n) is 5.66.